The zero-order valence-corrected chi connectivity index (χ0v) is 20.8. The Kier molecular flexibility index (Phi) is 7.82. The molecular weight excluding hydrogens is 515 g/mol. The zero-order valence-electron chi connectivity index (χ0n) is 17.9. The van der Waals surface area contributed by atoms with Crippen LogP contribution in [0.1, 0.15) is 31.9 Å². The van der Waals surface area contributed by atoms with Gasteiger partial charge in [-0.15, -0.1) is 0 Å². The van der Waals surface area contributed by atoms with Gasteiger partial charge in [0.2, 0.25) is 5.78 Å². The van der Waals surface area contributed by atoms with Crippen LogP contribution in [0.5, 0.6) is 0 Å². The van der Waals surface area contributed by atoms with E-state index in [0.717, 1.165) is 16.8 Å². The number of carbonyl (C=O) groups excluding carboxylic acids is 2. The normalized spacial score (nSPS) is 13.7. The number of benzene rings is 1. The van der Waals surface area contributed by atoms with Gasteiger partial charge in [0.1, 0.15) is 17.2 Å². The molecule has 1 N–H and O–H groups in total. The predicted molar refractivity (Wildman–Crippen MR) is 129 cm³/mol. The molecule has 160 valence electrons. The van der Waals surface area contributed by atoms with Crippen LogP contribution in [0.4, 0.5) is 16.2 Å². The molecule has 0 unspecified atom stereocenters. The van der Waals surface area contributed by atoms with E-state index in [4.69, 9.17) is 4.74 Å². The molecule has 0 spiro atoms. The number of ketones is 1. The minimum absolute atomic E-state index is 0.0596. The minimum Gasteiger partial charge on any atom is -0.444 e. The topological polar surface area (TPSA) is 85.7 Å². The minimum atomic E-state index is -0.606. The van der Waals surface area contributed by atoms with E-state index in [1.165, 1.54) is 15.3 Å². The maximum Gasteiger partial charge on any atom is 0.412 e. The summed E-state index contributed by atoms with van der Waals surface area (Å²) in [7, 11) is 4.86. The molecule has 1 heterocycles. The van der Waals surface area contributed by atoms with E-state index >= 15 is 0 Å². The third-order valence-electron chi connectivity index (χ3n) is 4.07. The number of rotatable bonds is 5. The van der Waals surface area contributed by atoms with E-state index in [1.54, 1.807) is 44.1 Å². The summed E-state index contributed by atoms with van der Waals surface area (Å²) >= 11 is 2.10. The first-order chi connectivity index (χ1) is 14.0. The Morgan fingerprint density at radius 1 is 1.37 bits per heavy atom. The summed E-state index contributed by atoms with van der Waals surface area (Å²) in [4.78, 5) is 26.9. The summed E-state index contributed by atoms with van der Waals surface area (Å²) in [6.07, 6.45) is 3.36. The highest BCUT2D eigenvalue weighted by atomic mass is 127. The highest BCUT2D eigenvalue weighted by Crippen LogP contribution is 2.41. The largest absolute Gasteiger partial charge is 0.444 e. The number of Topliss-reactive ketones (excluding diaryl/α,β-unsaturated/α-hetero) is 1. The number of aryl methyl sites for hydroxylation is 1. The molecule has 30 heavy (non-hydrogen) atoms. The molecule has 0 atom stereocenters. The number of ether oxygens (including phenoxy) is 1. The van der Waals surface area contributed by atoms with Gasteiger partial charge >= 0.3 is 6.09 Å². The highest BCUT2D eigenvalue weighted by Gasteiger charge is 2.28. The number of amides is 1. The SMILES string of the molecule is Cc1cc2c(cc1NC(=O)OC(C)(C)C)N(SI)C(C(=O)/C(C#N)=C/N(C)C)=CC2. The molecular formula is C21H25IN4O3S. The Bertz CT molecular complexity index is 958. The summed E-state index contributed by atoms with van der Waals surface area (Å²) in [6.45, 7) is 7.32. The van der Waals surface area contributed by atoms with Crippen molar-refractivity contribution < 1.29 is 14.3 Å². The van der Waals surface area contributed by atoms with E-state index in [-0.39, 0.29) is 11.4 Å². The Balaban J connectivity index is 2.40. The summed E-state index contributed by atoms with van der Waals surface area (Å²) in [5.41, 5.74) is 3.19. The number of carbonyl (C=O) groups is 2. The predicted octanol–water partition coefficient (Wildman–Crippen LogP) is 5.12. The lowest BCUT2D eigenvalue weighted by Gasteiger charge is -2.30. The molecule has 0 aromatic heterocycles. The van der Waals surface area contributed by atoms with E-state index in [9.17, 15) is 14.9 Å². The van der Waals surface area contributed by atoms with Gasteiger partial charge in [-0.3, -0.25) is 14.4 Å². The lowest BCUT2D eigenvalue weighted by atomic mass is 9.98. The summed E-state index contributed by atoms with van der Waals surface area (Å²) in [5, 5.41) is 12.2. The third kappa shape index (κ3) is 5.92. The van der Waals surface area contributed by atoms with E-state index in [0.29, 0.717) is 17.8 Å². The van der Waals surface area contributed by atoms with Gasteiger partial charge in [-0.25, -0.2) is 4.79 Å². The Hall–Kier alpha value is -2.19. The van der Waals surface area contributed by atoms with Crippen molar-refractivity contribution in [3.8, 4) is 6.07 Å². The van der Waals surface area contributed by atoms with Crippen LogP contribution in [0.15, 0.2) is 35.7 Å². The fraction of sp³-hybridized carbons (Fsp3) is 0.381. The number of allylic oxidation sites excluding steroid dienone is 2. The molecule has 0 fully saturated rings. The van der Waals surface area contributed by atoms with Crippen molar-refractivity contribution >= 4 is 53.6 Å². The molecule has 1 aromatic rings. The second-order valence-corrected chi connectivity index (χ2v) is 9.71. The van der Waals surface area contributed by atoms with Crippen molar-refractivity contribution in [3.05, 3.63) is 46.8 Å². The number of halogens is 1. The molecule has 0 bridgehead atoms. The molecule has 0 saturated carbocycles. The maximum absolute atomic E-state index is 13.0. The standard InChI is InChI=1S/C21H25IN4O3S/c1-13-9-14-7-8-17(19(27)15(11-23)12-25(5)6)26(30-22)18(14)10-16(13)24-20(28)29-21(2,3)4/h8-10,12H,7H2,1-6H3,(H,24,28)/b15-12+. The molecule has 0 aliphatic carbocycles. The molecule has 1 aliphatic heterocycles. The number of nitriles is 1. The van der Waals surface area contributed by atoms with Crippen LogP contribution in [0, 0.1) is 18.3 Å². The van der Waals surface area contributed by atoms with Crippen molar-refractivity contribution in [1.82, 2.24) is 4.90 Å². The summed E-state index contributed by atoms with van der Waals surface area (Å²) < 4.78 is 7.13. The van der Waals surface area contributed by atoms with Gasteiger partial charge in [0.15, 0.2) is 0 Å². The van der Waals surface area contributed by atoms with Crippen LogP contribution in [-0.4, -0.2) is 36.5 Å². The van der Waals surface area contributed by atoms with Crippen molar-refractivity contribution in [2.45, 2.75) is 39.7 Å². The van der Waals surface area contributed by atoms with Gasteiger partial charge in [0, 0.05) is 56.3 Å². The first-order valence-corrected chi connectivity index (χ1v) is 12.5. The molecule has 1 aromatic carbocycles. The lowest BCUT2D eigenvalue weighted by Crippen LogP contribution is -2.28. The third-order valence-corrected chi connectivity index (χ3v) is 5.78. The number of hydrogen-bond donors (Lipinski definition) is 1. The smallest absolute Gasteiger partial charge is 0.412 e. The second kappa shape index (κ2) is 9.75. The van der Waals surface area contributed by atoms with E-state index < -0.39 is 11.7 Å². The van der Waals surface area contributed by atoms with E-state index in [2.05, 4.69) is 26.5 Å². The first kappa shape index (κ1) is 24.1. The molecule has 1 aliphatic rings. The van der Waals surface area contributed by atoms with Crippen molar-refractivity contribution in [1.29, 1.82) is 5.26 Å². The Morgan fingerprint density at radius 2 is 2.03 bits per heavy atom. The van der Waals surface area contributed by atoms with Gasteiger partial charge in [-0.05, 0) is 51.3 Å². The van der Waals surface area contributed by atoms with Crippen LogP contribution in [0.3, 0.4) is 0 Å². The molecule has 1 amide bonds. The van der Waals surface area contributed by atoms with Gasteiger partial charge < -0.3 is 9.64 Å². The van der Waals surface area contributed by atoms with Crippen LogP contribution in [0.25, 0.3) is 0 Å². The fourth-order valence-electron chi connectivity index (χ4n) is 2.87. The van der Waals surface area contributed by atoms with Crippen LogP contribution < -0.4 is 9.62 Å². The monoisotopic (exact) mass is 540 g/mol. The van der Waals surface area contributed by atoms with Crippen LogP contribution >= 0.6 is 30.3 Å². The van der Waals surface area contributed by atoms with Crippen molar-refractivity contribution in [2.24, 2.45) is 0 Å². The van der Waals surface area contributed by atoms with Gasteiger partial charge in [-0.1, -0.05) is 12.1 Å². The molecule has 0 saturated heterocycles. The van der Waals surface area contributed by atoms with Gasteiger partial charge in [-0.2, -0.15) is 5.26 Å². The highest BCUT2D eigenvalue weighted by molar-refractivity contribution is 14.2. The summed E-state index contributed by atoms with van der Waals surface area (Å²) in [6, 6.07) is 5.81. The molecule has 9 heteroatoms. The number of hydrogen-bond acceptors (Lipinski definition) is 7. The first-order valence-electron chi connectivity index (χ1n) is 9.22. The summed E-state index contributed by atoms with van der Waals surface area (Å²) in [5.74, 6) is -0.344. The number of nitrogens with one attached hydrogen (secondary N) is 1. The van der Waals surface area contributed by atoms with Crippen LogP contribution in [0.2, 0.25) is 0 Å². The van der Waals surface area contributed by atoms with Crippen molar-refractivity contribution in [3.63, 3.8) is 0 Å². The molecule has 2 rings (SSSR count). The van der Waals surface area contributed by atoms with Crippen LogP contribution in [-0.2, 0) is 16.0 Å². The fourth-order valence-corrected chi connectivity index (χ4v) is 4.62. The lowest BCUT2D eigenvalue weighted by molar-refractivity contribution is -0.112. The zero-order chi connectivity index (χ0) is 22.6. The quantitative estimate of drug-likeness (QED) is 0.240. The maximum atomic E-state index is 13.0. The second-order valence-electron chi connectivity index (χ2n) is 8.03. The number of fused-ring (bicyclic) bond motifs is 1. The average Bonchev–Trinajstić information content (AvgIpc) is 2.63. The van der Waals surface area contributed by atoms with E-state index in [1.807, 2.05) is 31.2 Å². The van der Waals surface area contributed by atoms with Gasteiger partial charge in [0.05, 0.1) is 11.4 Å². The average molecular weight is 540 g/mol. The Labute approximate surface area is 193 Å². The number of nitrogens with zero attached hydrogens (tertiary/aromatic N) is 3. The Morgan fingerprint density at radius 3 is 2.57 bits per heavy atom. The number of anilines is 2. The molecule has 0 radical (unpaired) electrons. The van der Waals surface area contributed by atoms with Gasteiger partial charge in [0.25, 0.3) is 0 Å². The van der Waals surface area contributed by atoms with Crippen molar-refractivity contribution in [2.75, 3.05) is 23.7 Å². The molecule has 7 nitrogen and oxygen atoms in total.